The number of hydrogen-bond acceptors (Lipinski definition) is 6. The van der Waals surface area contributed by atoms with E-state index in [-0.39, 0.29) is 23.8 Å². The van der Waals surface area contributed by atoms with E-state index in [9.17, 15) is 23.9 Å². The Morgan fingerprint density at radius 3 is 2.13 bits per heavy atom. The number of hydrogen-bond donors (Lipinski definition) is 6. The van der Waals surface area contributed by atoms with Crippen LogP contribution in [0.25, 0.3) is 0 Å². The van der Waals surface area contributed by atoms with E-state index in [1.807, 2.05) is 0 Å². The summed E-state index contributed by atoms with van der Waals surface area (Å²) in [5, 5.41) is 26.5. The van der Waals surface area contributed by atoms with E-state index in [2.05, 4.69) is 27.8 Å². The second kappa shape index (κ2) is 14.4. The van der Waals surface area contributed by atoms with Crippen molar-refractivity contribution in [3.8, 4) is 11.8 Å². The van der Waals surface area contributed by atoms with Crippen molar-refractivity contribution in [1.29, 1.82) is 0 Å². The van der Waals surface area contributed by atoms with Gasteiger partial charge in [-0.15, -0.1) is 0 Å². The quantitative estimate of drug-likeness (QED) is 0.102. The Bertz CT molecular complexity index is 1350. The molecule has 9 nitrogen and oxygen atoms in total. The summed E-state index contributed by atoms with van der Waals surface area (Å²) in [4.78, 5) is 36.1. The average Bonchev–Trinajstić information content (AvgIpc) is 2.94. The number of hydroxylamine groups is 1. The maximum absolute atomic E-state index is 13.6. The van der Waals surface area contributed by atoms with E-state index in [0.717, 1.165) is 0 Å². The average molecular weight is 533 g/mol. The second-order valence-electron chi connectivity index (χ2n) is 8.64. The summed E-state index contributed by atoms with van der Waals surface area (Å²) < 4.78 is 13.6. The molecule has 6 N–H and O–H groups in total. The molecule has 0 aromatic heterocycles. The van der Waals surface area contributed by atoms with Crippen molar-refractivity contribution in [2.24, 2.45) is 0 Å². The third-order valence-corrected chi connectivity index (χ3v) is 5.64. The van der Waals surface area contributed by atoms with E-state index in [1.165, 1.54) is 30.6 Å². The maximum Gasteiger partial charge on any atom is 0.268 e. The molecule has 0 saturated heterocycles. The van der Waals surface area contributed by atoms with Crippen molar-refractivity contribution in [3.63, 3.8) is 0 Å². The lowest BCUT2D eigenvalue weighted by Gasteiger charge is -2.19. The number of carbonyl (C=O) groups excluding carboxylic acids is 3. The van der Waals surface area contributed by atoms with E-state index >= 15 is 0 Å². The Morgan fingerprint density at radius 1 is 0.923 bits per heavy atom. The van der Waals surface area contributed by atoms with E-state index < -0.39 is 24.0 Å². The molecule has 202 valence electrons. The Balaban J connectivity index is 1.47. The van der Waals surface area contributed by atoms with Gasteiger partial charge < -0.3 is 21.1 Å². The lowest BCUT2D eigenvalue weighted by Crippen LogP contribution is -2.51. The molecule has 10 heteroatoms. The minimum Gasteiger partial charge on any atom is -0.391 e. The molecule has 0 fully saturated rings. The summed E-state index contributed by atoms with van der Waals surface area (Å²) in [6, 6.07) is 18.5. The molecule has 3 aromatic carbocycles. The van der Waals surface area contributed by atoms with Crippen LogP contribution < -0.4 is 21.4 Å². The van der Waals surface area contributed by atoms with Crippen LogP contribution in [0.4, 0.5) is 10.1 Å². The number of anilines is 1. The first kappa shape index (κ1) is 29.0. The van der Waals surface area contributed by atoms with E-state index in [0.29, 0.717) is 35.3 Å². The number of carbonyl (C=O) groups is 3. The molecule has 0 bridgehead atoms. The van der Waals surface area contributed by atoms with Gasteiger partial charge in [0.15, 0.2) is 0 Å². The molecule has 0 spiro atoms. The minimum absolute atomic E-state index is 0.0956. The SMILES string of the molecule is C[C@@H](O)[C@H](NC(=O)c1ccc(C#Cc2ccc(NC(=O)CNCCc3ccccc3F)cc2)cc1)C(=O)NO. The Kier molecular flexibility index (Phi) is 10.7. The predicted molar refractivity (Wildman–Crippen MR) is 143 cm³/mol. The number of aliphatic hydroxyl groups is 1. The van der Waals surface area contributed by atoms with Gasteiger partial charge in [-0.05, 0) is 80.1 Å². The molecule has 3 amide bonds. The first-order valence-corrected chi connectivity index (χ1v) is 12.2. The Hall–Kier alpha value is -4.56. The molecule has 0 unspecified atom stereocenters. The summed E-state index contributed by atoms with van der Waals surface area (Å²) in [5.74, 6) is 3.98. The largest absolute Gasteiger partial charge is 0.391 e. The first-order valence-electron chi connectivity index (χ1n) is 12.2. The van der Waals surface area contributed by atoms with Crippen molar-refractivity contribution in [1.82, 2.24) is 16.1 Å². The van der Waals surface area contributed by atoms with Gasteiger partial charge in [0.2, 0.25) is 5.91 Å². The molecule has 0 aliphatic carbocycles. The molecular formula is C29H29FN4O5. The third-order valence-electron chi connectivity index (χ3n) is 5.64. The summed E-state index contributed by atoms with van der Waals surface area (Å²) in [6.07, 6.45) is -0.726. The molecule has 0 aliphatic rings. The molecule has 0 heterocycles. The number of halogens is 1. The van der Waals surface area contributed by atoms with Crippen molar-refractivity contribution < 1.29 is 29.1 Å². The molecule has 0 aliphatic heterocycles. The number of benzene rings is 3. The van der Waals surface area contributed by atoms with Crippen LogP contribution in [0.15, 0.2) is 72.8 Å². The van der Waals surface area contributed by atoms with Crippen molar-refractivity contribution in [2.45, 2.75) is 25.5 Å². The lowest BCUT2D eigenvalue weighted by molar-refractivity contribution is -0.133. The van der Waals surface area contributed by atoms with Gasteiger partial charge in [-0.2, -0.15) is 0 Å². The van der Waals surface area contributed by atoms with Crippen molar-refractivity contribution >= 4 is 23.4 Å². The van der Waals surface area contributed by atoms with E-state index in [1.54, 1.807) is 54.6 Å². The minimum atomic E-state index is -1.31. The molecule has 3 aromatic rings. The summed E-state index contributed by atoms with van der Waals surface area (Å²) >= 11 is 0. The summed E-state index contributed by atoms with van der Waals surface area (Å²) in [5.41, 5.74) is 4.23. The van der Waals surface area contributed by atoms with Crippen molar-refractivity contribution in [2.75, 3.05) is 18.4 Å². The zero-order chi connectivity index (χ0) is 28.2. The van der Waals surface area contributed by atoms with Gasteiger partial charge in [0.1, 0.15) is 11.9 Å². The van der Waals surface area contributed by atoms with Gasteiger partial charge in [0, 0.05) is 22.4 Å². The molecule has 0 radical (unpaired) electrons. The second-order valence-corrected chi connectivity index (χ2v) is 8.64. The smallest absolute Gasteiger partial charge is 0.268 e. The fourth-order valence-corrected chi connectivity index (χ4v) is 3.52. The molecule has 0 saturated carbocycles. The van der Waals surface area contributed by atoms with E-state index in [4.69, 9.17) is 5.21 Å². The molecule has 3 rings (SSSR count). The van der Waals surface area contributed by atoms with Gasteiger partial charge in [-0.25, -0.2) is 9.87 Å². The third kappa shape index (κ3) is 9.05. The topological polar surface area (TPSA) is 140 Å². The van der Waals surface area contributed by atoms with Crippen LogP contribution in [0.3, 0.4) is 0 Å². The maximum atomic E-state index is 13.6. The van der Waals surface area contributed by atoms with Crippen molar-refractivity contribution in [3.05, 3.63) is 101 Å². The normalized spacial score (nSPS) is 11.9. The Labute approximate surface area is 225 Å². The fourth-order valence-electron chi connectivity index (χ4n) is 3.52. The van der Waals surface area contributed by atoms with Crippen LogP contribution in [0.2, 0.25) is 0 Å². The van der Waals surface area contributed by atoms with Crippen LogP contribution in [0.5, 0.6) is 0 Å². The highest BCUT2D eigenvalue weighted by molar-refractivity contribution is 5.97. The van der Waals surface area contributed by atoms with Crippen LogP contribution in [-0.4, -0.2) is 53.3 Å². The Morgan fingerprint density at radius 2 is 1.54 bits per heavy atom. The van der Waals surface area contributed by atoms with Gasteiger partial charge in [-0.1, -0.05) is 30.0 Å². The van der Waals surface area contributed by atoms with Gasteiger partial charge in [-0.3, -0.25) is 19.6 Å². The molecular weight excluding hydrogens is 503 g/mol. The predicted octanol–water partition coefficient (Wildman–Crippen LogP) is 1.98. The first-order chi connectivity index (χ1) is 18.8. The highest BCUT2D eigenvalue weighted by Crippen LogP contribution is 2.10. The number of amides is 3. The van der Waals surface area contributed by atoms with Crippen LogP contribution in [0.1, 0.15) is 34.0 Å². The lowest BCUT2D eigenvalue weighted by atomic mass is 10.1. The van der Waals surface area contributed by atoms with Crippen LogP contribution in [0, 0.1) is 17.7 Å². The zero-order valence-electron chi connectivity index (χ0n) is 21.2. The van der Waals surface area contributed by atoms with Gasteiger partial charge in [0.05, 0.1) is 12.6 Å². The fraction of sp³-hybridized carbons (Fsp3) is 0.207. The standard InChI is InChI=1S/C29H29FN4O5/c1-19(35)27(29(38)34-39)33-28(37)23-12-8-20(9-13-23)6-7-21-10-14-24(15-11-21)32-26(36)18-31-17-16-22-4-2-3-5-25(22)30/h2-5,8-15,19,27,31,35,39H,16-18H2,1H3,(H,32,36)(H,33,37)(H,34,38)/t19-,27+/m1/s1. The zero-order valence-corrected chi connectivity index (χ0v) is 21.2. The van der Waals surface area contributed by atoms with Crippen LogP contribution >= 0.6 is 0 Å². The van der Waals surface area contributed by atoms with Gasteiger partial charge in [0.25, 0.3) is 11.8 Å². The van der Waals surface area contributed by atoms with Gasteiger partial charge >= 0.3 is 0 Å². The highest BCUT2D eigenvalue weighted by Gasteiger charge is 2.25. The summed E-state index contributed by atoms with van der Waals surface area (Å²) in [6.45, 7) is 1.88. The number of nitrogens with one attached hydrogen (secondary N) is 4. The highest BCUT2D eigenvalue weighted by atomic mass is 19.1. The van der Waals surface area contributed by atoms with Crippen LogP contribution in [-0.2, 0) is 16.0 Å². The number of aliphatic hydroxyl groups excluding tert-OH is 1. The molecule has 39 heavy (non-hydrogen) atoms. The monoisotopic (exact) mass is 532 g/mol. The summed E-state index contributed by atoms with van der Waals surface area (Å²) in [7, 11) is 0. The number of rotatable bonds is 10. The molecule has 2 atom stereocenters.